The van der Waals surface area contributed by atoms with Gasteiger partial charge in [-0.2, -0.15) is 13.2 Å². The van der Waals surface area contributed by atoms with Crippen molar-refractivity contribution < 1.29 is 22.9 Å². The molecule has 1 heterocycles. The number of nitrogens with zero attached hydrogens (tertiary/aromatic N) is 4. The van der Waals surface area contributed by atoms with Gasteiger partial charge in [0.25, 0.3) is 11.5 Å². The molecule has 0 aliphatic heterocycles. The number of aromatic nitrogens is 3. The molecule has 0 spiro atoms. The van der Waals surface area contributed by atoms with Gasteiger partial charge in [0.2, 0.25) is 11.1 Å². The van der Waals surface area contributed by atoms with Gasteiger partial charge < -0.3 is 11.2 Å². The van der Waals surface area contributed by atoms with Crippen molar-refractivity contribution in [3.05, 3.63) is 39.2 Å². The molecule has 9 nitrogen and oxygen atoms in total. The molecule has 3 N–H and O–H groups in total. The van der Waals surface area contributed by atoms with Crippen LogP contribution in [0, 0.1) is 10.1 Å². The molecule has 1 amide bonds. The van der Waals surface area contributed by atoms with Crippen LogP contribution in [0.3, 0.4) is 0 Å². The maximum atomic E-state index is 12.5. The van der Waals surface area contributed by atoms with E-state index in [1.165, 1.54) is 6.07 Å². The lowest BCUT2D eigenvalue weighted by atomic mass is 10.3. The topological polar surface area (TPSA) is 129 Å². The average Bonchev–Trinajstić information content (AvgIpc) is 2.88. The van der Waals surface area contributed by atoms with Crippen molar-refractivity contribution in [1.29, 1.82) is 0 Å². The Morgan fingerprint density at radius 1 is 1.44 bits per heavy atom. The predicted octanol–water partition coefficient (Wildman–Crippen LogP) is 2.30. The zero-order valence-electron chi connectivity index (χ0n) is 12.0. The van der Waals surface area contributed by atoms with Gasteiger partial charge in [-0.05, 0) is 6.07 Å². The van der Waals surface area contributed by atoms with Crippen molar-refractivity contribution in [2.75, 3.05) is 16.9 Å². The lowest BCUT2D eigenvalue weighted by Gasteiger charge is -2.07. The van der Waals surface area contributed by atoms with E-state index in [4.69, 9.17) is 17.4 Å². The quantitative estimate of drug-likeness (QED) is 0.343. The highest BCUT2D eigenvalue weighted by atomic mass is 35.5. The number of nitrogens with one attached hydrogen (secondary N) is 1. The summed E-state index contributed by atoms with van der Waals surface area (Å²) in [5.74, 6) is 2.88. The first-order chi connectivity index (χ1) is 11.6. The number of benzene rings is 1. The summed E-state index contributed by atoms with van der Waals surface area (Å²) < 4.78 is 37.8. The van der Waals surface area contributed by atoms with Crippen molar-refractivity contribution in [1.82, 2.24) is 14.9 Å². The van der Waals surface area contributed by atoms with E-state index in [-0.39, 0.29) is 32.0 Å². The van der Waals surface area contributed by atoms with Gasteiger partial charge in [-0.15, -0.1) is 10.2 Å². The zero-order chi connectivity index (χ0) is 18.8. The first-order valence-electron chi connectivity index (χ1n) is 6.24. The van der Waals surface area contributed by atoms with Crippen molar-refractivity contribution >= 4 is 40.6 Å². The molecule has 14 heteroatoms. The molecule has 2 aromatic rings. The summed E-state index contributed by atoms with van der Waals surface area (Å²) in [6, 6.07) is 3.42. The highest BCUT2D eigenvalue weighted by molar-refractivity contribution is 7.99. The van der Waals surface area contributed by atoms with Crippen LogP contribution < -0.4 is 11.2 Å². The Hall–Kier alpha value is -2.54. The number of hydrogen-bond acceptors (Lipinski definition) is 7. The second-order valence-electron chi connectivity index (χ2n) is 4.43. The second-order valence-corrected chi connectivity index (χ2v) is 5.78. The molecule has 0 bridgehead atoms. The minimum atomic E-state index is -4.77. The van der Waals surface area contributed by atoms with Crippen molar-refractivity contribution in [2.24, 2.45) is 0 Å². The van der Waals surface area contributed by atoms with Gasteiger partial charge in [-0.25, -0.2) is 4.68 Å². The van der Waals surface area contributed by atoms with Gasteiger partial charge in [0, 0.05) is 12.1 Å². The fraction of sp³-hybridized carbons (Fsp3) is 0.182. The van der Waals surface area contributed by atoms with E-state index >= 15 is 0 Å². The molecule has 2 rings (SSSR count). The molecule has 25 heavy (non-hydrogen) atoms. The third-order valence-electron chi connectivity index (χ3n) is 2.69. The fourth-order valence-electron chi connectivity index (χ4n) is 1.60. The molecule has 0 unspecified atom stereocenters. The van der Waals surface area contributed by atoms with Gasteiger partial charge in [-0.3, -0.25) is 14.9 Å². The number of nitro groups is 1. The Bertz CT molecular complexity index is 828. The smallest absolute Gasteiger partial charge is 0.335 e. The van der Waals surface area contributed by atoms with Crippen LogP contribution in [0.1, 0.15) is 5.82 Å². The first kappa shape index (κ1) is 18.8. The lowest BCUT2D eigenvalue weighted by molar-refractivity contribution is -0.384. The van der Waals surface area contributed by atoms with Crippen LogP contribution in [0.5, 0.6) is 0 Å². The molecular weight excluding hydrogens is 389 g/mol. The molecular formula is C11H8ClF3N6O3S. The Labute approximate surface area is 146 Å². The normalized spacial score (nSPS) is 11.4. The van der Waals surface area contributed by atoms with Crippen LogP contribution >= 0.6 is 23.4 Å². The van der Waals surface area contributed by atoms with Crippen LogP contribution in [0.2, 0.25) is 5.02 Å². The predicted molar refractivity (Wildman–Crippen MR) is 82.6 cm³/mol. The van der Waals surface area contributed by atoms with Crippen molar-refractivity contribution in [3.8, 4) is 0 Å². The van der Waals surface area contributed by atoms with E-state index in [1.807, 2.05) is 0 Å². The molecule has 134 valence electrons. The number of carbonyl (C=O) groups is 1. The molecule has 0 fully saturated rings. The Morgan fingerprint density at radius 2 is 2.12 bits per heavy atom. The van der Waals surface area contributed by atoms with Crippen LogP contribution in [0.15, 0.2) is 23.4 Å². The maximum absolute atomic E-state index is 12.5. The number of non-ortho nitro benzene ring substituents is 1. The molecule has 0 saturated heterocycles. The summed E-state index contributed by atoms with van der Waals surface area (Å²) >= 11 is 6.44. The van der Waals surface area contributed by atoms with Gasteiger partial charge in [0.05, 0.1) is 21.4 Å². The molecule has 0 saturated carbocycles. The maximum Gasteiger partial charge on any atom is 0.453 e. The Balaban J connectivity index is 2.00. The molecule has 0 atom stereocenters. The third kappa shape index (κ3) is 4.51. The Morgan fingerprint density at radius 3 is 2.64 bits per heavy atom. The summed E-state index contributed by atoms with van der Waals surface area (Å²) in [4.78, 5) is 21.8. The molecule has 0 aliphatic carbocycles. The van der Waals surface area contributed by atoms with E-state index < -0.39 is 22.8 Å². The van der Waals surface area contributed by atoms with E-state index in [0.29, 0.717) is 11.8 Å². The summed E-state index contributed by atoms with van der Waals surface area (Å²) in [6.07, 6.45) is -4.77. The number of halogens is 4. The van der Waals surface area contributed by atoms with Gasteiger partial charge in [0.15, 0.2) is 0 Å². The highest BCUT2D eigenvalue weighted by Gasteiger charge is 2.38. The third-order valence-corrected chi connectivity index (χ3v) is 3.94. The number of anilines is 1. The van der Waals surface area contributed by atoms with Gasteiger partial charge in [-0.1, -0.05) is 23.4 Å². The highest BCUT2D eigenvalue weighted by Crippen LogP contribution is 2.29. The average molecular weight is 397 g/mol. The van der Waals surface area contributed by atoms with E-state index in [0.717, 1.165) is 12.1 Å². The van der Waals surface area contributed by atoms with Gasteiger partial charge in [0.1, 0.15) is 0 Å². The van der Waals surface area contributed by atoms with E-state index in [9.17, 15) is 28.1 Å². The van der Waals surface area contributed by atoms with Crippen LogP contribution in [0.25, 0.3) is 0 Å². The standard InChI is InChI=1S/C11H8ClF3N6O3S/c12-6-3-5(21(23)24)1-2-7(6)17-8(22)4-25-10-19-18-9(20(10)16)11(13,14)15/h1-3H,4,16H2,(H,17,22). The number of nitrogen functional groups attached to an aromatic ring is 1. The van der Waals surface area contributed by atoms with Crippen LogP contribution in [0.4, 0.5) is 24.5 Å². The number of carbonyl (C=O) groups excluding carboxylic acids is 1. The zero-order valence-corrected chi connectivity index (χ0v) is 13.5. The molecule has 1 aromatic heterocycles. The first-order valence-corrected chi connectivity index (χ1v) is 7.60. The lowest BCUT2D eigenvalue weighted by Crippen LogP contribution is -2.22. The number of alkyl halides is 3. The van der Waals surface area contributed by atoms with Crippen molar-refractivity contribution in [2.45, 2.75) is 11.3 Å². The summed E-state index contributed by atoms with van der Waals surface area (Å²) in [7, 11) is 0. The van der Waals surface area contributed by atoms with E-state index in [1.54, 1.807) is 0 Å². The van der Waals surface area contributed by atoms with E-state index in [2.05, 4.69) is 15.5 Å². The van der Waals surface area contributed by atoms with Crippen molar-refractivity contribution in [3.63, 3.8) is 0 Å². The fourth-order valence-corrected chi connectivity index (χ4v) is 2.48. The molecule has 0 radical (unpaired) electrons. The number of rotatable bonds is 5. The summed E-state index contributed by atoms with van der Waals surface area (Å²) in [6.45, 7) is 0. The summed E-state index contributed by atoms with van der Waals surface area (Å²) in [5, 5.41) is 18.8. The largest absolute Gasteiger partial charge is 0.453 e. The van der Waals surface area contributed by atoms with Gasteiger partial charge >= 0.3 is 6.18 Å². The molecule has 0 aliphatic rings. The second kappa shape index (κ2) is 7.14. The number of nitro benzene ring substituents is 1. The van der Waals surface area contributed by atoms with Crippen LogP contribution in [-0.2, 0) is 11.0 Å². The summed E-state index contributed by atoms with van der Waals surface area (Å²) in [5.41, 5.74) is -0.142. The number of hydrogen-bond donors (Lipinski definition) is 2. The van der Waals surface area contributed by atoms with Crippen LogP contribution in [-0.4, -0.2) is 31.5 Å². The molecule has 1 aromatic carbocycles. The SMILES string of the molecule is Nn1c(SCC(=O)Nc2ccc([N+](=O)[O-])cc2Cl)nnc1C(F)(F)F. The number of amides is 1. The monoisotopic (exact) mass is 396 g/mol. The number of nitrogens with two attached hydrogens (primary N) is 1. The minimum Gasteiger partial charge on any atom is -0.335 e. The minimum absolute atomic E-state index is 0.0612. The Kier molecular flexibility index (Phi) is 5.37. The number of thioether (sulfide) groups is 1.